The van der Waals surface area contributed by atoms with Crippen molar-refractivity contribution in [3.63, 3.8) is 0 Å². The van der Waals surface area contributed by atoms with E-state index < -0.39 is 23.9 Å². The zero-order valence-electron chi connectivity index (χ0n) is 11.1. The summed E-state index contributed by atoms with van der Waals surface area (Å²) in [5, 5.41) is 0. The molecule has 19 heavy (non-hydrogen) atoms. The molecule has 4 nitrogen and oxygen atoms in total. The van der Waals surface area contributed by atoms with Crippen molar-refractivity contribution >= 4 is 5.97 Å². The molecule has 0 aromatic carbocycles. The summed E-state index contributed by atoms with van der Waals surface area (Å²) in [6, 6.07) is -0.774. The Bertz CT molecular complexity index is 427. The van der Waals surface area contributed by atoms with Crippen molar-refractivity contribution in [1.82, 2.24) is 9.55 Å². The molecule has 1 aromatic rings. The number of rotatable bonds is 5. The van der Waals surface area contributed by atoms with Crippen LogP contribution in [0.25, 0.3) is 0 Å². The van der Waals surface area contributed by atoms with Crippen LogP contribution in [0.4, 0.5) is 13.2 Å². The van der Waals surface area contributed by atoms with Crippen molar-refractivity contribution in [2.75, 3.05) is 6.61 Å². The normalized spacial score (nSPS) is 13.6. The van der Waals surface area contributed by atoms with Gasteiger partial charge in [0, 0.05) is 6.20 Å². The number of hydrogen-bond acceptors (Lipinski definition) is 3. The lowest BCUT2D eigenvalue weighted by atomic mass is 10.0. The van der Waals surface area contributed by atoms with Crippen LogP contribution in [-0.2, 0) is 15.7 Å². The zero-order chi connectivity index (χ0) is 14.6. The first-order chi connectivity index (χ1) is 8.75. The van der Waals surface area contributed by atoms with Gasteiger partial charge in [0.05, 0.1) is 12.9 Å². The Morgan fingerprint density at radius 1 is 1.47 bits per heavy atom. The van der Waals surface area contributed by atoms with Crippen LogP contribution in [0.2, 0.25) is 0 Å². The third-order valence-corrected chi connectivity index (χ3v) is 2.51. The number of nitrogens with zero attached hydrogens (tertiary/aromatic N) is 2. The molecule has 0 amide bonds. The number of carbonyl (C=O) groups is 1. The van der Waals surface area contributed by atoms with Crippen LogP contribution in [0.15, 0.2) is 12.5 Å². The standard InChI is InChI=1S/C12H17F3N2O2/c1-4-19-11(18)9(5-8(2)3)17-6-10(16-7-17)12(13,14)15/h6-9H,4-5H2,1-3H3/t9-/m1/s1. The summed E-state index contributed by atoms with van der Waals surface area (Å²) in [7, 11) is 0. The van der Waals surface area contributed by atoms with E-state index >= 15 is 0 Å². The lowest BCUT2D eigenvalue weighted by molar-refractivity contribution is -0.148. The quantitative estimate of drug-likeness (QED) is 0.777. The molecule has 0 aliphatic carbocycles. The SMILES string of the molecule is CCOC(=O)[C@@H](CC(C)C)n1cnc(C(F)(F)F)c1. The minimum atomic E-state index is -4.51. The lowest BCUT2D eigenvalue weighted by Gasteiger charge is -2.18. The molecule has 1 aromatic heterocycles. The number of ether oxygens (including phenoxy) is 1. The van der Waals surface area contributed by atoms with Crippen molar-refractivity contribution in [1.29, 1.82) is 0 Å². The van der Waals surface area contributed by atoms with Gasteiger partial charge >= 0.3 is 12.1 Å². The van der Waals surface area contributed by atoms with Gasteiger partial charge in [-0.15, -0.1) is 0 Å². The van der Waals surface area contributed by atoms with E-state index in [1.54, 1.807) is 6.92 Å². The predicted octanol–water partition coefficient (Wildman–Crippen LogP) is 3.05. The predicted molar refractivity (Wildman–Crippen MR) is 62.4 cm³/mol. The molecule has 0 saturated heterocycles. The van der Waals surface area contributed by atoms with Gasteiger partial charge < -0.3 is 9.30 Å². The van der Waals surface area contributed by atoms with E-state index in [0.717, 1.165) is 12.5 Å². The monoisotopic (exact) mass is 278 g/mol. The number of esters is 1. The van der Waals surface area contributed by atoms with Crippen LogP contribution >= 0.6 is 0 Å². The number of alkyl halides is 3. The van der Waals surface area contributed by atoms with Crippen LogP contribution in [0, 0.1) is 5.92 Å². The van der Waals surface area contributed by atoms with Crippen molar-refractivity contribution in [2.24, 2.45) is 5.92 Å². The Morgan fingerprint density at radius 3 is 2.53 bits per heavy atom. The lowest BCUT2D eigenvalue weighted by Crippen LogP contribution is -2.22. The van der Waals surface area contributed by atoms with Gasteiger partial charge in [-0.2, -0.15) is 13.2 Å². The van der Waals surface area contributed by atoms with Gasteiger partial charge in [0.2, 0.25) is 0 Å². The Morgan fingerprint density at radius 2 is 2.11 bits per heavy atom. The highest BCUT2D eigenvalue weighted by molar-refractivity contribution is 5.74. The Labute approximate surface area is 109 Å². The van der Waals surface area contributed by atoms with Gasteiger partial charge in [0.1, 0.15) is 6.04 Å². The first-order valence-corrected chi connectivity index (χ1v) is 6.03. The van der Waals surface area contributed by atoms with E-state index in [-0.39, 0.29) is 12.5 Å². The summed E-state index contributed by atoms with van der Waals surface area (Å²) in [6.07, 6.45) is -2.26. The average molecular weight is 278 g/mol. The fraction of sp³-hybridized carbons (Fsp3) is 0.667. The summed E-state index contributed by atoms with van der Waals surface area (Å²) in [4.78, 5) is 15.1. The Hall–Kier alpha value is -1.53. The number of halogens is 3. The minimum absolute atomic E-state index is 0.145. The molecule has 1 heterocycles. The maximum absolute atomic E-state index is 12.5. The summed E-state index contributed by atoms with van der Waals surface area (Å²) < 4.78 is 43.5. The van der Waals surface area contributed by atoms with Crippen molar-refractivity contribution in [3.8, 4) is 0 Å². The summed E-state index contributed by atoms with van der Waals surface area (Å²) >= 11 is 0. The molecule has 0 aliphatic heterocycles. The minimum Gasteiger partial charge on any atom is -0.464 e. The number of aromatic nitrogens is 2. The van der Waals surface area contributed by atoms with Crippen molar-refractivity contribution < 1.29 is 22.7 Å². The maximum atomic E-state index is 12.5. The van der Waals surface area contributed by atoms with Crippen LogP contribution in [0.3, 0.4) is 0 Å². The smallest absolute Gasteiger partial charge is 0.434 e. The Kier molecular flexibility index (Phi) is 4.97. The van der Waals surface area contributed by atoms with Gasteiger partial charge in [0.25, 0.3) is 0 Å². The molecule has 0 bridgehead atoms. The van der Waals surface area contributed by atoms with Crippen LogP contribution in [0.5, 0.6) is 0 Å². The maximum Gasteiger partial charge on any atom is 0.434 e. The Balaban J connectivity index is 2.97. The number of carbonyl (C=O) groups excluding carboxylic acids is 1. The summed E-state index contributed by atoms with van der Waals surface area (Å²) in [5.74, 6) is -0.395. The first kappa shape index (κ1) is 15.5. The highest BCUT2D eigenvalue weighted by atomic mass is 19.4. The summed E-state index contributed by atoms with van der Waals surface area (Å²) in [6.45, 7) is 5.61. The number of hydrogen-bond donors (Lipinski definition) is 0. The number of imidazole rings is 1. The molecule has 0 unspecified atom stereocenters. The van der Waals surface area contributed by atoms with Gasteiger partial charge in [-0.05, 0) is 19.3 Å². The van der Waals surface area contributed by atoms with Crippen LogP contribution in [0.1, 0.15) is 38.9 Å². The molecule has 7 heteroatoms. The van der Waals surface area contributed by atoms with E-state index in [4.69, 9.17) is 4.74 Å². The fourth-order valence-electron chi connectivity index (χ4n) is 1.68. The molecule has 0 spiro atoms. The molecule has 1 atom stereocenters. The third kappa shape index (κ3) is 4.25. The van der Waals surface area contributed by atoms with E-state index in [1.165, 1.54) is 4.57 Å². The molecule has 0 aliphatic rings. The van der Waals surface area contributed by atoms with Crippen molar-refractivity contribution in [3.05, 3.63) is 18.2 Å². The molecule has 0 N–H and O–H groups in total. The second-order valence-corrected chi connectivity index (χ2v) is 4.60. The van der Waals surface area contributed by atoms with Gasteiger partial charge in [-0.3, -0.25) is 0 Å². The highest BCUT2D eigenvalue weighted by Gasteiger charge is 2.35. The van der Waals surface area contributed by atoms with Gasteiger partial charge in [0.15, 0.2) is 5.69 Å². The topological polar surface area (TPSA) is 44.1 Å². The average Bonchev–Trinajstić information content (AvgIpc) is 2.74. The first-order valence-electron chi connectivity index (χ1n) is 6.03. The van der Waals surface area contributed by atoms with Crippen LogP contribution in [-0.4, -0.2) is 22.1 Å². The molecular weight excluding hydrogens is 261 g/mol. The van der Waals surface area contributed by atoms with Crippen molar-refractivity contribution in [2.45, 2.75) is 39.4 Å². The van der Waals surface area contributed by atoms with E-state index in [0.29, 0.717) is 6.42 Å². The summed E-state index contributed by atoms with van der Waals surface area (Å²) in [5.41, 5.74) is -1.01. The molecule has 1 rings (SSSR count). The van der Waals surface area contributed by atoms with Crippen LogP contribution < -0.4 is 0 Å². The van der Waals surface area contributed by atoms with E-state index in [9.17, 15) is 18.0 Å². The second kappa shape index (κ2) is 6.08. The van der Waals surface area contributed by atoms with E-state index in [2.05, 4.69) is 4.98 Å². The fourth-order valence-corrected chi connectivity index (χ4v) is 1.68. The molecule has 0 radical (unpaired) electrons. The molecule has 108 valence electrons. The molecule has 0 fully saturated rings. The third-order valence-electron chi connectivity index (χ3n) is 2.51. The second-order valence-electron chi connectivity index (χ2n) is 4.60. The van der Waals surface area contributed by atoms with E-state index in [1.807, 2.05) is 13.8 Å². The van der Waals surface area contributed by atoms with Gasteiger partial charge in [-0.25, -0.2) is 9.78 Å². The highest BCUT2D eigenvalue weighted by Crippen LogP contribution is 2.29. The molecule has 0 saturated carbocycles. The molecular formula is C12H17F3N2O2. The van der Waals surface area contributed by atoms with Gasteiger partial charge in [-0.1, -0.05) is 13.8 Å². The zero-order valence-corrected chi connectivity index (χ0v) is 11.1. The largest absolute Gasteiger partial charge is 0.464 e.